The maximum atomic E-state index is 11.4. The lowest BCUT2D eigenvalue weighted by atomic mass is 9.98. The van der Waals surface area contributed by atoms with Gasteiger partial charge in [-0.25, -0.2) is 19.9 Å². The molecule has 0 atom stereocenters. The number of hydrogen-bond donors (Lipinski definition) is 0. The van der Waals surface area contributed by atoms with Crippen LogP contribution in [-0.4, -0.2) is 89.8 Å². The van der Waals surface area contributed by atoms with Crippen LogP contribution in [0.25, 0.3) is 10.4 Å². The summed E-state index contributed by atoms with van der Waals surface area (Å²) in [6.45, 7) is 6.98. The Labute approximate surface area is 384 Å². The smallest absolute Gasteiger partial charge is 0.406 e. The number of ether oxygens (including phenoxy) is 2. The molecule has 62 heavy (non-hydrogen) atoms. The topological polar surface area (TPSA) is 189 Å². The molecule has 21 heteroatoms. The molecule has 0 saturated carbocycles. The highest BCUT2D eigenvalue weighted by molar-refractivity contribution is 9.10. The molecule has 0 bridgehead atoms. The SMILES string of the molecule is CN1CCC(c2ncc(-c3cnc([N+](=O)[O-])c(OCc4ccnc(Cl)c4)c3)s2)CC1.Cc1cnc(C2CCN(C)CC2)s1.O=[N+]([O-])c1ncc(Br)cc1OCc1ccnc(Cl)c1. The summed E-state index contributed by atoms with van der Waals surface area (Å²) in [4.78, 5) is 52.6. The molecular weight excluding hydrogens is 943 g/mol. The lowest BCUT2D eigenvalue weighted by Crippen LogP contribution is -2.29. The first kappa shape index (κ1) is 46.7. The van der Waals surface area contributed by atoms with Gasteiger partial charge in [-0.2, -0.15) is 0 Å². The van der Waals surface area contributed by atoms with Gasteiger partial charge in [0.2, 0.25) is 11.5 Å². The molecular formula is C41H43BrCl2N10O6S2. The van der Waals surface area contributed by atoms with Crippen LogP contribution in [0.1, 0.15) is 63.5 Å². The van der Waals surface area contributed by atoms with Crippen LogP contribution in [0.3, 0.4) is 0 Å². The fraction of sp³-hybridized carbons (Fsp3) is 0.366. The third-order valence-electron chi connectivity index (χ3n) is 9.93. The van der Waals surface area contributed by atoms with Crippen LogP contribution in [0.5, 0.6) is 11.5 Å². The summed E-state index contributed by atoms with van der Waals surface area (Å²) in [5, 5.41) is 25.3. The lowest BCUT2D eigenvalue weighted by molar-refractivity contribution is -0.390. The number of pyridine rings is 4. The van der Waals surface area contributed by atoms with Crippen molar-refractivity contribution in [2.24, 2.45) is 0 Å². The van der Waals surface area contributed by atoms with E-state index in [0.29, 0.717) is 20.7 Å². The van der Waals surface area contributed by atoms with E-state index in [4.69, 9.17) is 32.7 Å². The highest BCUT2D eigenvalue weighted by atomic mass is 79.9. The van der Waals surface area contributed by atoms with E-state index in [2.05, 4.69) is 76.7 Å². The molecule has 16 nitrogen and oxygen atoms in total. The molecule has 2 fully saturated rings. The maximum absolute atomic E-state index is 11.4. The van der Waals surface area contributed by atoms with E-state index in [-0.39, 0.29) is 36.3 Å². The van der Waals surface area contributed by atoms with E-state index in [9.17, 15) is 20.2 Å². The van der Waals surface area contributed by atoms with E-state index >= 15 is 0 Å². The minimum Gasteiger partial charge on any atom is -0.481 e. The van der Waals surface area contributed by atoms with Crippen LogP contribution >= 0.6 is 61.8 Å². The zero-order chi connectivity index (χ0) is 44.2. The number of piperidine rings is 2. The van der Waals surface area contributed by atoms with Gasteiger partial charge in [-0.1, -0.05) is 23.2 Å². The number of nitro groups is 2. The van der Waals surface area contributed by atoms with Crippen LogP contribution in [0, 0.1) is 27.2 Å². The first-order chi connectivity index (χ1) is 29.8. The largest absolute Gasteiger partial charge is 0.481 e. The molecule has 0 N–H and O–H groups in total. The summed E-state index contributed by atoms with van der Waals surface area (Å²) in [5.41, 5.74) is 2.27. The Morgan fingerprint density at radius 3 is 1.66 bits per heavy atom. The number of nitrogens with zero attached hydrogens (tertiary/aromatic N) is 10. The van der Waals surface area contributed by atoms with Gasteiger partial charge in [0.15, 0.2) is 6.20 Å². The monoisotopic (exact) mass is 984 g/mol. The van der Waals surface area contributed by atoms with E-state index in [1.54, 1.807) is 47.9 Å². The fourth-order valence-electron chi connectivity index (χ4n) is 6.54. The van der Waals surface area contributed by atoms with Crippen molar-refractivity contribution in [3.8, 4) is 21.9 Å². The molecule has 8 heterocycles. The summed E-state index contributed by atoms with van der Waals surface area (Å²) >= 11 is 18.3. The van der Waals surface area contributed by atoms with Gasteiger partial charge in [-0.3, -0.25) is 0 Å². The molecule has 0 radical (unpaired) electrons. The van der Waals surface area contributed by atoms with Gasteiger partial charge in [0.05, 0.1) is 19.4 Å². The Bertz CT molecular complexity index is 2450. The quantitative estimate of drug-likeness (QED) is 0.0677. The molecule has 6 aromatic heterocycles. The molecule has 0 amide bonds. The Hall–Kier alpha value is -4.76. The summed E-state index contributed by atoms with van der Waals surface area (Å²) in [5.74, 6) is 0.738. The normalized spacial score (nSPS) is 14.9. The molecule has 2 aliphatic rings. The second-order valence-electron chi connectivity index (χ2n) is 14.6. The summed E-state index contributed by atoms with van der Waals surface area (Å²) < 4.78 is 11.7. The number of rotatable bonds is 11. The van der Waals surface area contributed by atoms with Gasteiger partial charge in [-0.05, 0) is 144 Å². The molecule has 326 valence electrons. The van der Waals surface area contributed by atoms with Crippen molar-refractivity contribution in [1.82, 2.24) is 39.7 Å². The van der Waals surface area contributed by atoms with Crippen molar-refractivity contribution in [1.29, 1.82) is 0 Å². The highest BCUT2D eigenvalue weighted by Gasteiger charge is 2.24. The first-order valence-corrected chi connectivity index (χ1v) is 22.7. The van der Waals surface area contributed by atoms with Gasteiger partial charge in [-0.15, -0.1) is 22.7 Å². The van der Waals surface area contributed by atoms with Crippen molar-refractivity contribution >= 4 is 73.4 Å². The minimum atomic E-state index is -0.596. The molecule has 0 spiro atoms. The average molecular weight is 987 g/mol. The fourth-order valence-corrected chi connectivity index (χ4v) is 9.26. The van der Waals surface area contributed by atoms with Crippen molar-refractivity contribution in [2.45, 2.75) is 57.7 Å². The number of likely N-dealkylation sites (tertiary alicyclic amines) is 2. The molecule has 8 rings (SSSR count). The number of halogens is 3. The van der Waals surface area contributed by atoms with E-state index < -0.39 is 9.85 Å². The van der Waals surface area contributed by atoms with Crippen molar-refractivity contribution < 1.29 is 19.3 Å². The predicted molar refractivity (Wildman–Crippen MR) is 244 cm³/mol. The van der Waals surface area contributed by atoms with Crippen LogP contribution in [0.2, 0.25) is 10.3 Å². The first-order valence-electron chi connectivity index (χ1n) is 19.5. The predicted octanol–water partition coefficient (Wildman–Crippen LogP) is 10.2. The Morgan fingerprint density at radius 2 is 1.18 bits per heavy atom. The van der Waals surface area contributed by atoms with Crippen LogP contribution in [0.4, 0.5) is 11.6 Å². The molecule has 0 aromatic carbocycles. The third kappa shape index (κ3) is 13.6. The maximum Gasteiger partial charge on any atom is 0.406 e. The Kier molecular flexibility index (Phi) is 17.0. The summed E-state index contributed by atoms with van der Waals surface area (Å²) in [6, 6.07) is 9.88. The van der Waals surface area contributed by atoms with Gasteiger partial charge in [0.25, 0.3) is 0 Å². The van der Waals surface area contributed by atoms with E-state index in [1.807, 2.05) is 23.7 Å². The number of thiazole rings is 2. The second-order valence-corrected chi connectivity index (χ2v) is 18.6. The van der Waals surface area contributed by atoms with Crippen molar-refractivity contribution in [2.75, 3.05) is 40.3 Å². The van der Waals surface area contributed by atoms with Gasteiger partial charge in [0.1, 0.15) is 29.7 Å². The van der Waals surface area contributed by atoms with E-state index in [0.717, 1.165) is 58.4 Å². The number of hydrogen-bond acceptors (Lipinski definition) is 16. The van der Waals surface area contributed by atoms with Gasteiger partial charge >= 0.3 is 11.6 Å². The van der Waals surface area contributed by atoms with Crippen molar-refractivity contribution in [3.05, 3.63) is 135 Å². The molecule has 6 aromatic rings. The van der Waals surface area contributed by atoms with E-state index in [1.165, 1.54) is 60.5 Å². The highest BCUT2D eigenvalue weighted by Crippen LogP contribution is 2.37. The zero-order valence-electron chi connectivity index (χ0n) is 34.0. The number of aromatic nitrogens is 6. The van der Waals surface area contributed by atoms with Gasteiger partial charge < -0.3 is 39.5 Å². The molecule has 2 aliphatic heterocycles. The van der Waals surface area contributed by atoms with Crippen LogP contribution < -0.4 is 9.47 Å². The summed E-state index contributed by atoms with van der Waals surface area (Å²) in [7, 11) is 4.33. The minimum absolute atomic E-state index is 0.0901. The van der Waals surface area contributed by atoms with Crippen LogP contribution in [-0.2, 0) is 13.2 Å². The Balaban J connectivity index is 0.000000171. The van der Waals surface area contributed by atoms with Crippen LogP contribution in [0.15, 0.2) is 78.1 Å². The van der Waals surface area contributed by atoms with Gasteiger partial charge in [0, 0.05) is 59.2 Å². The average Bonchev–Trinajstić information content (AvgIpc) is 3.93. The Morgan fingerprint density at radius 1 is 0.694 bits per heavy atom. The lowest BCUT2D eigenvalue weighted by Gasteiger charge is -2.27. The third-order valence-corrected chi connectivity index (χ3v) is 13.1. The molecule has 0 unspecified atom stereocenters. The molecule has 2 saturated heterocycles. The standard InChI is InChI=1S/C20H20ClN5O3S.C11H7BrClN3O3.C10H16N2S/c1-25-6-3-14(4-7-25)20-24-11-17(30-20)15-9-16(19(23-10-15)26(27)28)29-12-13-2-5-22-18(21)8-13;12-8-4-9(11(15-5-8)16(17)18)19-6-7-1-2-14-10(13)3-7;1-8-7-11-10(13-8)9-3-5-12(2)6-4-9/h2,5,8-11,14H,3-4,6-7,12H2,1H3;1-5H,6H2;7,9H,3-6H2,1-2H3. The zero-order valence-corrected chi connectivity index (χ0v) is 38.8. The molecule has 0 aliphatic carbocycles. The number of aryl methyl sites for hydroxylation is 1. The van der Waals surface area contributed by atoms with Crippen molar-refractivity contribution in [3.63, 3.8) is 0 Å². The summed E-state index contributed by atoms with van der Waals surface area (Å²) in [6.07, 6.45) is 14.5. The second kappa shape index (κ2) is 22.5.